The summed E-state index contributed by atoms with van der Waals surface area (Å²) in [4.78, 5) is 19.8. The Kier molecular flexibility index (Phi) is 3.76. The number of carbonyl (C=O) groups is 1. The van der Waals surface area contributed by atoms with Gasteiger partial charge in [-0.2, -0.15) is 0 Å². The van der Waals surface area contributed by atoms with Crippen LogP contribution in [0.5, 0.6) is 0 Å². The summed E-state index contributed by atoms with van der Waals surface area (Å²) >= 11 is 5.67. The summed E-state index contributed by atoms with van der Waals surface area (Å²) in [6, 6.07) is 1.24. The highest BCUT2D eigenvalue weighted by molar-refractivity contribution is 6.30. The number of hydrogen-bond acceptors (Lipinski definition) is 4. The smallest absolute Gasteiger partial charge is 0.229 e. The van der Waals surface area contributed by atoms with Crippen molar-refractivity contribution >= 4 is 23.3 Å². The molecule has 0 bridgehead atoms. The zero-order valence-electron chi connectivity index (χ0n) is 10.9. The van der Waals surface area contributed by atoms with Gasteiger partial charge in [-0.3, -0.25) is 4.79 Å². The molecule has 0 aliphatic carbocycles. The number of pyridine rings is 1. The lowest BCUT2D eigenvalue weighted by atomic mass is 9.98. The molecule has 108 valence electrons. The molecule has 0 radical (unpaired) electrons. The van der Waals surface area contributed by atoms with Crippen molar-refractivity contribution in [3.05, 3.63) is 23.1 Å². The fourth-order valence-electron chi connectivity index (χ4n) is 2.49. The van der Waals surface area contributed by atoms with Crippen molar-refractivity contribution in [2.45, 2.75) is 0 Å². The molecule has 7 heteroatoms. The monoisotopic (exact) mass is 299 g/mol. The number of aromatic nitrogens is 1. The van der Waals surface area contributed by atoms with E-state index in [0.29, 0.717) is 39.4 Å². The number of anilines is 1. The van der Waals surface area contributed by atoms with Gasteiger partial charge in [0.15, 0.2) is 11.6 Å². The molecule has 1 aromatic heterocycles. The topological polar surface area (TPSA) is 45.7 Å². The maximum Gasteiger partial charge on any atom is 0.229 e. The third kappa shape index (κ3) is 2.58. The Morgan fingerprint density at radius 3 is 2.75 bits per heavy atom. The molecule has 20 heavy (non-hydrogen) atoms. The van der Waals surface area contributed by atoms with E-state index in [1.54, 1.807) is 4.90 Å². The maximum atomic E-state index is 13.7. The van der Waals surface area contributed by atoms with Crippen LogP contribution in [-0.2, 0) is 9.53 Å². The van der Waals surface area contributed by atoms with Gasteiger partial charge in [0, 0.05) is 32.4 Å². The van der Waals surface area contributed by atoms with Crippen LogP contribution < -0.4 is 4.90 Å². The number of nitrogens with zero attached hydrogens (tertiary/aromatic N) is 3. The average molecular weight is 300 g/mol. The van der Waals surface area contributed by atoms with E-state index in [0.717, 1.165) is 0 Å². The van der Waals surface area contributed by atoms with Crippen LogP contribution in [0.25, 0.3) is 0 Å². The first kappa shape index (κ1) is 13.6. The highest BCUT2D eigenvalue weighted by Crippen LogP contribution is 2.27. The molecular weight excluding hydrogens is 285 g/mol. The largest absolute Gasteiger partial charge is 0.378 e. The summed E-state index contributed by atoms with van der Waals surface area (Å²) in [5, 5.41) is 0.271. The van der Waals surface area contributed by atoms with Crippen LogP contribution in [0.3, 0.4) is 0 Å². The van der Waals surface area contributed by atoms with Crippen LogP contribution in [-0.4, -0.2) is 55.2 Å². The zero-order valence-corrected chi connectivity index (χ0v) is 11.6. The molecule has 0 atom stereocenters. The molecule has 0 aromatic carbocycles. The molecular formula is C13H15ClFN3O2. The molecule has 0 spiro atoms. The molecule has 2 fully saturated rings. The molecule has 2 aliphatic heterocycles. The van der Waals surface area contributed by atoms with E-state index in [-0.39, 0.29) is 22.7 Å². The second-order valence-electron chi connectivity index (χ2n) is 5.00. The Morgan fingerprint density at radius 1 is 1.40 bits per heavy atom. The Balaban J connectivity index is 1.59. The first-order valence-corrected chi connectivity index (χ1v) is 6.95. The number of amides is 1. The summed E-state index contributed by atoms with van der Waals surface area (Å²) in [6.45, 7) is 3.47. The van der Waals surface area contributed by atoms with Gasteiger partial charge < -0.3 is 14.5 Å². The number of ether oxygens (including phenoxy) is 1. The number of rotatable bonds is 2. The van der Waals surface area contributed by atoms with Gasteiger partial charge in [-0.25, -0.2) is 9.37 Å². The minimum Gasteiger partial charge on any atom is -0.378 e. The predicted octanol–water partition coefficient (Wildman–Crippen LogP) is 1.17. The molecule has 5 nitrogen and oxygen atoms in total. The highest BCUT2D eigenvalue weighted by atomic mass is 35.5. The van der Waals surface area contributed by atoms with Gasteiger partial charge in [0.2, 0.25) is 5.91 Å². The number of morpholine rings is 1. The number of halogens is 2. The van der Waals surface area contributed by atoms with E-state index in [1.165, 1.54) is 12.3 Å². The number of carbonyl (C=O) groups excluding carboxylic acids is 1. The van der Waals surface area contributed by atoms with Crippen LogP contribution >= 0.6 is 11.6 Å². The summed E-state index contributed by atoms with van der Waals surface area (Å²) in [5.41, 5.74) is 0. The van der Waals surface area contributed by atoms with Crippen LogP contribution in [0.1, 0.15) is 0 Å². The first-order chi connectivity index (χ1) is 9.65. The van der Waals surface area contributed by atoms with Gasteiger partial charge in [-0.1, -0.05) is 11.6 Å². The minimum atomic E-state index is -0.449. The third-order valence-electron chi connectivity index (χ3n) is 3.64. The van der Waals surface area contributed by atoms with E-state index in [1.807, 2.05) is 4.90 Å². The van der Waals surface area contributed by atoms with Crippen LogP contribution in [0.2, 0.25) is 5.02 Å². The lowest BCUT2D eigenvalue weighted by Gasteiger charge is -2.42. The SMILES string of the molecule is O=C(C1CN(c2ncc(Cl)cc2F)C1)N1CCOCC1. The van der Waals surface area contributed by atoms with Crippen molar-refractivity contribution in [1.29, 1.82) is 0 Å². The molecule has 1 amide bonds. The standard InChI is InChI=1S/C13H15ClFN3O2/c14-10-5-11(15)12(16-6-10)18-7-9(8-18)13(19)17-1-3-20-4-2-17/h5-6,9H,1-4,7-8H2. The second-order valence-corrected chi connectivity index (χ2v) is 5.43. The van der Waals surface area contributed by atoms with Gasteiger partial charge in [-0.15, -0.1) is 0 Å². The molecule has 3 heterocycles. The van der Waals surface area contributed by atoms with Crippen LogP contribution in [0, 0.1) is 11.7 Å². The highest BCUT2D eigenvalue weighted by Gasteiger charge is 2.37. The summed E-state index contributed by atoms with van der Waals surface area (Å²) in [7, 11) is 0. The molecule has 3 rings (SSSR count). The minimum absolute atomic E-state index is 0.0787. The molecule has 2 aliphatic rings. The van der Waals surface area contributed by atoms with Gasteiger partial charge in [0.25, 0.3) is 0 Å². The van der Waals surface area contributed by atoms with Crippen LogP contribution in [0.4, 0.5) is 10.2 Å². The third-order valence-corrected chi connectivity index (χ3v) is 3.85. The molecule has 0 N–H and O–H groups in total. The van der Waals surface area contributed by atoms with Crippen molar-refractivity contribution in [2.75, 3.05) is 44.3 Å². The maximum absolute atomic E-state index is 13.7. The number of hydrogen-bond donors (Lipinski definition) is 0. The zero-order chi connectivity index (χ0) is 14.1. The first-order valence-electron chi connectivity index (χ1n) is 6.57. The molecule has 2 saturated heterocycles. The summed E-state index contributed by atoms with van der Waals surface area (Å²) in [6.07, 6.45) is 1.41. The van der Waals surface area contributed by atoms with E-state index in [9.17, 15) is 9.18 Å². The van der Waals surface area contributed by atoms with E-state index >= 15 is 0 Å². The Hall–Kier alpha value is -1.40. The van der Waals surface area contributed by atoms with Crippen molar-refractivity contribution < 1.29 is 13.9 Å². The molecule has 0 unspecified atom stereocenters. The van der Waals surface area contributed by atoms with Crippen molar-refractivity contribution in [1.82, 2.24) is 9.88 Å². The normalized spacial score (nSPS) is 19.9. The summed E-state index contributed by atoms with van der Waals surface area (Å²) < 4.78 is 18.9. The fraction of sp³-hybridized carbons (Fsp3) is 0.538. The Bertz CT molecular complexity index is 516. The quantitative estimate of drug-likeness (QED) is 0.822. The second kappa shape index (κ2) is 5.54. The van der Waals surface area contributed by atoms with Gasteiger partial charge in [0.1, 0.15) is 0 Å². The lowest BCUT2D eigenvalue weighted by molar-refractivity contribution is -0.140. The van der Waals surface area contributed by atoms with Crippen LogP contribution in [0.15, 0.2) is 12.3 Å². The van der Waals surface area contributed by atoms with Gasteiger partial charge in [0.05, 0.1) is 24.2 Å². The van der Waals surface area contributed by atoms with Gasteiger partial charge in [-0.05, 0) is 6.07 Å². The van der Waals surface area contributed by atoms with Crippen molar-refractivity contribution in [3.63, 3.8) is 0 Å². The molecule has 0 saturated carbocycles. The van der Waals surface area contributed by atoms with E-state index in [2.05, 4.69) is 4.98 Å². The lowest BCUT2D eigenvalue weighted by Crippen LogP contribution is -2.56. The van der Waals surface area contributed by atoms with E-state index < -0.39 is 5.82 Å². The van der Waals surface area contributed by atoms with Crippen molar-refractivity contribution in [2.24, 2.45) is 5.92 Å². The average Bonchev–Trinajstić information content (AvgIpc) is 2.40. The fourth-order valence-corrected chi connectivity index (χ4v) is 2.63. The van der Waals surface area contributed by atoms with Crippen molar-refractivity contribution in [3.8, 4) is 0 Å². The van der Waals surface area contributed by atoms with Gasteiger partial charge >= 0.3 is 0 Å². The van der Waals surface area contributed by atoms with E-state index in [4.69, 9.17) is 16.3 Å². The Labute approximate surface area is 121 Å². The Morgan fingerprint density at radius 2 is 2.10 bits per heavy atom. The molecule has 1 aromatic rings. The predicted molar refractivity (Wildman–Crippen MR) is 72.3 cm³/mol. The summed E-state index contributed by atoms with van der Waals surface area (Å²) in [5.74, 6) is -0.140.